The van der Waals surface area contributed by atoms with E-state index in [1.165, 1.54) is 4.90 Å². The molecule has 3 aliphatic rings. The van der Waals surface area contributed by atoms with E-state index >= 15 is 0 Å². The second-order valence-corrected chi connectivity index (χ2v) is 12.0. The van der Waals surface area contributed by atoms with Crippen molar-refractivity contribution in [2.45, 2.75) is 45.1 Å². The molecule has 2 aromatic rings. The Hall–Kier alpha value is -3.30. The Kier molecular flexibility index (Phi) is 7.97. The molecule has 212 valence electrons. The summed E-state index contributed by atoms with van der Waals surface area (Å²) in [6.07, 6.45) is 0.0656. The van der Waals surface area contributed by atoms with Crippen LogP contribution in [0.25, 0.3) is 0 Å². The summed E-state index contributed by atoms with van der Waals surface area (Å²) < 4.78 is 11.9. The number of carbonyl (C=O) groups is 4. The van der Waals surface area contributed by atoms with Crippen LogP contribution >= 0.6 is 23.2 Å². The molecule has 9 nitrogen and oxygen atoms in total. The Labute approximate surface area is 242 Å². The van der Waals surface area contributed by atoms with Gasteiger partial charge in [-0.2, -0.15) is 0 Å². The lowest BCUT2D eigenvalue weighted by Crippen LogP contribution is -2.56. The number of piperidine rings is 1. The quantitative estimate of drug-likeness (QED) is 0.325. The van der Waals surface area contributed by atoms with E-state index < -0.39 is 30.2 Å². The fraction of sp³-hybridized carbons (Fsp3) is 0.448. The number of likely N-dealkylation sites (tertiary alicyclic amines) is 1. The predicted molar refractivity (Wildman–Crippen MR) is 148 cm³/mol. The van der Waals surface area contributed by atoms with Crippen molar-refractivity contribution in [2.24, 2.45) is 23.2 Å². The molecule has 11 heteroatoms. The van der Waals surface area contributed by atoms with Gasteiger partial charge in [0.25, 0.3) is 0 Å². The predicted octanol–water partition coefficient (Wildman–Crippen LogP) is 3.47. The van der Waals surface area contributed by atoms with Gasteiger partial charge in [-0.1, -0.05) is 37.0 Å². The molecule has 40 heavy (non-hydrogen) atoms. The number of hydrogen-bond donors (Lipinski definition) is 2. The van der Waals surface area contributed by atoms with Crippen LogP contribution in [0.5, 0.6) is 11.5 Å². The molecular weight excluding hydrogens is 557 g/mol. The number of amides is 3. The van der Waals surface area contributed by atoms with Gasteiger partial charge in [-0.25, -0.2) is 0 Å². The number of ether oxygens (including phenoxy) is 2. The summed E-state index contributed by atoms with van der Waals surface area (Å²) in [4.78, 5) is 53.0. The molecule has 1 aliphatic carbocycles. The van der Waals surface area contributed by atoms with Gasteiger partial charge in [0.05, 0.1) is 6.04 Å². The first-order chi connectivity index (χ1) is 19.1. The van der Waals surface area contributed by atoms with E-state index in [1.54, 1.807) is 48.5 Å². The Morgan fingerprint density at radius 1 is 1.07 bits per heavy atom. The second-order valence-electron chi connectivity index (χ2n) is 11.1. The highest BCUT2D eigenvalue weighted by molar-refractivity contribution is 6.30. The Morgan fingerprint density at radius 3 is 2.15 bits per heavy atom. The molecule has 2 aliphatic heterocycles. The molecule has 3 amide bonds. The van der Waals surface area contributed by atoms with Gasteiger partial charge in [0.2, 0.25) is 11.8 Å². The fourth-order valence-electron chi connectivity index (χ4n) is 5.94. The number of halogens is 2. The highest BCUT2D eigenvalue weighted by Gasteiger charge is 2.70. The first-order valence-corrected chi connectivity index (χ1v) is 14.0. The van der Waals surface area contributed by atoms with Crippen LogP contribution in [0.1, 0.15) is 26.7 Å². The van der Waals surface area contributed by atoms with E-state index in [0.717, 1.165) is 0 Å². The van der Waals surface area contributed by atoms with E-state index in [0.29, 0.717) is 47.3 Å². The summed E-state index contributed by atoms with van der Waals surface area (Å²) in [5.41, 5.74) is -0.148. The molecule has 5 atom stereocenters. The molecule has 2 aromatic carbocycles. The standard InChI is InChI=1S/C29H31Cl2N3O6/c1-29(2)22-14-34(24(23(22)29)26(37)33-19(15-35)13-16-11-12-32-25(16)36)27(38)28(39-20-7-3-17(30)4-8-20)40-21-9-5-18(31)6-10-21/h3-10,15-16,19,22-24,28H,11-14H2,1-2H3,(H,32,36)(H,33,37)/t16?,19?,22-,23-,24-/m0/s1. The molecule has 0 spiro atoms. The summed E-state index contributed by atoms with van der Waals surface area (Å²) in [5, 5.41) is 6.56. The minimum atomic E-state index is -1.40. The van der Waals surface area contributed by atoms with Crippen LogP contribution in [0.4, 0.5) is 0 Å². The molecule has 2 N–H and O–H groups in total. The molecule has 0 bridgehead atoms. The second kappa shape index (κ2) is 11.3. The van der Waals surface area contributed by atoms with Gasteiger partial charge in [-0.15, -0.1) is 0 Å². The number of aldehydes is 1. The van der Waals surface area contributed by atoms with Crippen molar-refractivity contribution in [1.82, 2.24) is 15.5 Å². The maximum atomic E-state index is 14.0. The molecule has 2 heterocycles. The molecule has 2 saturated heterocycles. The summed E-state index contributed by atoms with van der Waals surface area (Å²) in [6, 6.07) is 11.4. The van der Waals surface area contributed by atoms with Crippen LogP contribution in [-0.2, 0) is 19.2 Å². The SMILES string of the molecule is CC1(C)[C@@H]2[C@@H](C(=O)NC(C=O)CC3CCNC3=O)N(C(=O)C(Oc3ccc(Cl)cc3)Oc3ccc(Cl)cc3)C[C@@H]21. The first kappa shape index (κ1) is 28.2. The summed E-state index contributed by atoms with van der Waals surface area (Å²) >= 11 is 12.0. The number of carbonyl (C=O) groups excluding carboxylic acids is 4. The van der Waals surface area contributed by atoms with Crippen LogP contribution in [0.3, 0.4) is 0 Å². The van der Waals surface area contributed by atoms with E-state index in [9.17, 15) is 19.2 Å². The lowest BCUT2D eigenvalue weighted by atomic mass is 9.97. The van der Waals surface area contributed by atoms with Gasteiger partial charge in [0.1, 0.15) is 23.8 Å². The highest BCUT2D eigenvalue weighted by Crippen LogP contribution is 2.65. The van der Waals surface area contributed by atoms with E-state index in [2.05, 4.69) is 24.5 Å². The van der Waals surface area contributed by atoms with Crippen molar-refractivity contribution >= 4 is 47.2 Å². The van der Waals surface area contributed by atoms with E-state index in [-0.39, 0.29) is 35.5 Å². The summed E-state index contributed by atoms with van der Waals surface area (Å²) in [7, 11) is 0. The van der Waals surface area contributed by atoms with Crippen molar-refractivity contribution < 1.29 is 28.7 Å². The molecule has 3 fully saturated rings. The van der Waals surface area contributed by atoms with Gasteiger partial charge in [0.15, 0.2) is 0 Å². The Bertz CT molecular complexity index is 1240. The normalized spacial score (nSPS) is 25.1. The third kappa shape index (κ3) is 5.76. The third-order valence-corrected chi connectivity index (χ3v) is 8.77. The van der Waals surface area contributed by atoms with Crippen LogP contribution in [0, 0.1) is 23.2 Å². The van der Waals surface area contributed by atoms with Crippen LogP contribution in [0.2, 0.25) is 10.0 Å². The topological polar surface area (TPSA) is 114 Å². The van der Waals surface area contributed by atoms with Crippen LogP contribution in [-0.4, -0.2) is 60.4 Å². The van der Waals surface area contributed by atoms with Crippen molar-refractivity contribution in [3.05, 3.63) is 58.6 Å². The lowest BCUT2D eigenvalue weighted by Gasteiger charge is -2.33. The molecular formula is C29H31Cl2N3O6. The molecule has 0 aromatic heterocycles. The first-order valence-electron chi connectivity index (χ1n) is 13.3. The van der Waals surface area contributed by atoms with E-state index in [4.69, 9.17) is 32.7 Å². The van der Waals surface area contributed by atoms with Crippen molar-refractivity contribution in [3.63, 3.8) is 0 Å². The summed E-state index contributed by atoms with van der Waals surface area (Å²) in [6.45, 7) is 5.02. The van der Waals surface area contributed by atoms with Gasteiger partial charge >= 0.3 is 12.2 Å². The van der Waals surface area contributed by atoms with Gasteiger partial charge in [-0.05, 0) is 78.6 Å². The zero-order valence-electron chi connectivity index (χ0n) is 22.1. The number of hydrogen-bond acceptors (Lipinski definition) is 6. The van der Waals surface area contributed by atoms with Crippen LogP contribution < -0.4 is 20.1 Å². The van der Waals surface area contributed by atoms with Crippen molar-refractivity contribution in [2.75, 3.05) is 13.1 Å². The van der Waals surface area contributed by atoms with Gasteiger partial charge in [0, 0.05) is 29.1 Å². The smallest absolute Gasteiger partial charge is 0.321 e. The highest BCUT2D eigenvalue weighted by atomic mass is 35.5. The number of benzene rings is 2. The molecule has 1 saturated carbocycles. The van der Waals surface area contributed by atoms with E-state index in [1.807, 2.05) is 0 Å². The Morgan fingerprint density at radius 2 is 1.65 bits per heavy atom. The largest absolute Gasteiger partial charge is 0.446 e. The minimum Gasteiger partial charge on any atom is -0.446 e. The zero-order chi connectivity index (χ0) is 28.6. The van der Waals surface area contributed by atoms with Gasteiger partial charge in [-0.3, -0.25) is 14.4 Å². The minimum absolute atomic E-state index is 0.0924. The number of nitrogens with zero attached hydrogens (tertiary/aromatic N) is 1. The average molecular weight is 588 g/mol. The van der Waals surface area contributed by atoms with Crippen molar-refractivity contribution in [3.8, 4) is 11.5 Å². The number of fused-ring (bicyclic) bond motifs is 1. The monoisotopic (exact) mass is 587 g/mol. The summed E-state index contributed by atoms with van der Waals surface area (Å²) in [5.74, 6) is -0.684. The number of nitrogens with one attached hydrogen (secondary N) is 2. The average Bonchev–Trinajstić information content (AvgIpc) is 3.27. The molecule has 2 unspecified atom stereocenters. The lowest BCUT2D eigenvalue weighted by molar-refractivity contribution is -0.157. The van der Waals surface area contributed by atoms with Gasteiger partial charge < -0.3 is 29.8 Å². The fourth-order valence-corrected chi connectivity index (χ4v) is 6.19. The molecule has 0 radical (unpaired) electrons. The third-order valence-electron chi connectivity index (χ3n) is 8.27. The molecule has 5 rings (SSSR count). The number of rotatable bonds is 10. The zero-order valence-corrected chi connectivity index (χ0v) is 23.7. The Balaban J connectivity index is 1.37. The van der Waals surface area contributed by atoms with Crippen molar-refractivity contribution in [1.29, 1.82) is 0 Å². The maximum Gasteiger partial charge on any atom is 0.321 e. The van der Waals surface area contributed by atoms with Crippen LogP contribution in [0.15, 0.2) is 48.5 Å². The maximum absolute atomic E-state index is 14.0.